The zero-order valence-corrected chi connectivity index (χ0v) is 20.7. The van der Waals surface area contributed by atoms with Crippen LogP contribution in [0.3, 0.4) is 0 Å². The predicted octanol–water partition coefficient (Wildman–Crippen LogP) is 5.05. The van der Waals surface area contributed by atoms with Gasteiger partial charge in [-0.3, -0.25) is 9.10 Å². The highest BCUT2D eigenvalue weighted by molar-refractivity contribution is 7.92. The van der Waals surface area contributed by atoms with Gasteiger partial charge in [-0.15, -0.1) is 0 Å². The van der Waals surface area contributed by atoms with Crippen molar-refractivity contribution in [2.45, 2.75) is 38.5 Å². The van der Waals surface area contributed by atoms with Gasteiger partial charge in [0.1, 0.15) is 6.54 Å². The lowest BCUT2D eigenvalue weighted by Crippen LogP contribution is -2.38. The molecule has 0 spiro atoms. The van der Waals surface area contributed by atoms with Gasteiger partial charge in [0.25, 0.3) is 10.0 Å². The van der Waals surface area contributed by atoms with Gasteiger partial charge in [-0.2, -0.15) is 0 Å². The van der Waals surface area contributed by atoms with Crippen LogP contribution in [-0.4, -0.2) is 34.0 Å². The van der Waals surface area contributed by atoms with Crippen molar-refractivity contribution in [1.29, 1.82) is 0 Å². The maximum absolute atomic E-state index is 13.6. The van der Waals surface area contributed by atoms with Gasteiger partial charge >= 0.3 is 0 Å². The van der Waals surface area contributed by atoms with Gasteiger partial charge in [0, 0.05) is 24.5 Å². The highest BCUT2D eigenvalue weighted by atomic mass is 32.2. The summed E-state index contributed by atoms with van der Waals surface area (Å²) in [6.45, 7) is 7.48. The van der Waals surface area contributed by atoms with Crippen molar-refractivity contribution in [2.75, 3.05) is 34.2 Å². The van der Waals surface area contributed by atoms with Crippen LogP contribution in [0.25, 0.3) is 0 Å². The van der Waals surface area contributed by atoms with Crippen molar-refractivity contribution >= 4 is 33.0 Å². The van der Waals surface area contributed by atoms with Gasteiger partial charge in [0.2, 0.25) is 5.91 Å². The van der Waals surface area contributed by atoms with Gasteiger partial charge in [-0.1, -0.05) is 29.8 Å². The molecule has 1 amide bonds. The van der Waals surface area contributed by atoms with Crippen LogP contribution >= 0.6 is 0 Å². The number of benzene rings is 3. The Hall–Kier alpha value is -3.32. The molecule has 0 bridgehead atoms. The van der Waals surface area contributed by atoms with E-state index in [-0.39, 0.29) is 11.4 Å². The molecule has 178 valence electrons. The SMILES string of the molecule is Cc1ccc(S(=O)(=O)N(CC(=O)Nc2ccc(N3CCCC3)cc2)c2cccc(C)c2C)cc1. The van der Waals surface area contributed by atoms with Gasteiger partial charge in [-0.25, -0.2) is 8.42 Å². The molecule has 7 heteroatoms. The molecule has 0 atom stereocenters. The lowest BCUT2D eigenvalue weighted by Gasteiger charge is -2.26. The first-order valence-corrected chi connectivity index (χ1v) is 13.0. The van der Waals surface area contributed by atoms with Crippen molar-refractivity contribution in [2.24, 2.45) is 0 Å². The van der Waals surface area contributed by atoms with E-state index in [0.717, 1.165) is 35.5 Å². The molecule has 1 N–H and O–H groups in total. The second-order valence-electron chi connectivity index (χ2n) is 8.83. The molecule has 6 nitrogen and oxygen atoms in total. The number of anilines is 3. The Kier molecular flexibility index (Phi) is 6.93. The number of nitrogens with one attached hydrogen (secondary N) is 1. The van der Waals surface area contributed by atoms with Crippen LogP contribution in [0.4, 0.5) is 17.1 Å². The second kappa shape index (κ2) is 9.89. The number of amides is 1. The number of hydrogen-bond donors (Lipinski definition) is 1. The molecule has 0 aromatic heterocycles. The first-order valence-electron chi connectivity index (χ1n) is 11.6. The van der Waals surface area contributed by atoms with E-state index in [0.29, 0.717) is 11.4 Å². The maximum Gasteiger partial charge on any atom is 0.264 e. The fraction of sp³-hybridized carbons (Fsp3) is 0.296. The average molecular weight is 478 g/mol. The molecule has 0 aliphatic carbocycles. The van der Waals surface area contributed by atoms with Crippen LogP contribution in [0, 0.1) is 20.8 Å². The highest BCUT2D eigenvalue weighted by Gasteiger charge is 2.28. The first kappa shape index (κ1) is 23.8. The lowest BCUT2D eigenvalue weighted by molar-refractivity contribution is -0.114. The summed E-state index contributed by atoms with van der Waals surface area (Å²) in [6, 6.07) is 19.9. The third-order valence-corrected chi connectivity index (χ3v) is 8.14. The molecule has 3 aromatic rings. The normalized spacial score (nSPS) is 13.7. The fourth-order valence-electron chi connectivity index (χ4n) is 4.20. The Morgan fingerprint density at radius 2 is 1.56 bits per heavy atom. The summed E-state index contributed by atoms with van der Waals surface area (Å²) in [7, 11) is -3.95. The van der Waals surface area contributed by atoms with Crippen LogP contribution in [-0.2, 0) is 14.8 Å². The van der Waals surface area contributed by atoms with E-state index in [9.17, 15) is 13.2 Å². The molecule has 1 saturated heterocycles. The van der Waals surface area contributed by atoms with Gasteiger partial charge in [-0.05, 0) is 87.2 Å². The second-order valence-corrected chi connectivity index (χ2v) is 10.7. The zero-order valence-electron chi connectivity index (χ0n) is 19.9. The van der Waals surface area contributed by atoms with Crippen LogP contribution in [0.2, 0.25) is 0 Å². The molecule has 0 radical (unpaired) electrons. The first-order chi connectivity index (χ1) is 16.3. The number of aryl methyl sites for hydroxylation is 2. The molecule has 1 heterocycles. The molecule has 3 aromatic carbocycles. The Labute approximate surface area is 202 Å². The Bertz CT molecular complexity index is 1260. The number of sulfonamides is 1. The van der Waals surface area contributed by atoms with Crippen molar-refractivity contribution < 1.29 is 13.2 Å². The number of carbonyl (C=O) groups excluding carboxylic acids is 1. The minimum atomic E-state index is -3.95. The van der Waals surface area contributed by atoms with E-state index in [2.05, 4.69) is 10.2 Å². The van der Waals surface area contributed by atoms with E-state index in [1.807, 2.05) is 57.2 Å². The fourth-order valence-corrected chi connectivity index (χ4v) is 5.68. The van der Waals surface area contributed by atoms with Crippen LogP contribution in [0.15, 0.2) is 71.6 Å². The lowest BCUT2D eigenvalue weighted by atomic mass is 10.1. The summed E-state index contributed by atoms with van der Waals surface area (Å²) in [5.74, 6) is -0.398. The van der Waals surface area contributed by atoms with Gasteiger partial charge < -0.3 is 10.2 Å². The summed E-state index contributed by atoms with van der Waals surface area (Å²) >= 11 is 0. The number of rotatable bonds is 7. The highest BCUT2D eigenvalue weighted by Crippen LogP contribution is 2.29. The molecule has 4 rings (SSSR count). The van der Waals surface area contributed by atoms with Crippen LogP contribution < -0.4 is 14.5 Å². The minimum absolute atomic E-state index is 0.154. The Morgan fingerprint density at radius 1 is 0.912 bits per heavy atom. The van der Waals surface area contributed by atoms with Crippen molar-refractivity contribution in [3.63, 3.8) is 0 Å². The van der Waals surface area contributed by atoms with Crippen LogP contribution in [0.5, 0.6) is 0 Å². The molecule has 34 heavy (non-hydrogen) atoms. The molecule has 1 fully saturated rings. The quantitative estimate of drug-likeness (QED) is 0.517. The molecular weight excluding hydrogens is 446 g/mol. The van der Waals surface area contributed by atoms with E-state index in [4.69, 9.17) is 0 Å². The third kappa shape index (κ3) is 5.09. The molecule has 1 aliphatic rings. The Morgan fingerprint density at radius 3 is 2.21 bits per heavy atom. The maximum atomic E-state index is 13.6. The Balaban J connectivity index is 1.59. The van der Waals surface area contributed by atoms with E-state index >= 15 is 0 Å². The van der Waals surface area contributed by atoms with Crippen LogP contribution in [0.1, 0.15) is 29.5 Å². The molecular formula is C27H31N3O3S. The predicted molar refractivity (Wildman–Crippen MR) is 138 cm³/mol. The molecule has 0 saturated carbocycles. The largest absolute Gasteiger partial charge is 0.372 e. The standard InChI is InChI=1S/C27H31N3O3S/c1-20-9-15-25(16-10-20)34(32,33)30(26-8-6-7-21(2)22(26)3)19-27(31)28-23-11-13-24(14-12-23)29-17-4-5-18-29/h6-16H,4-5,17-19H2,1-3H3,(H,28,31). The smallest absolute Gasteiger partial charge is 0.264 e. The summed E-state index contributed by atoms with van der Waals surface area (Å²) in [4.78, 5) is 15.5. The van der Waals surface area contributed by atoms with E-state index in [1.165, 1.54) is 17.1 Å². The number of carbonyl (C=O) groups is 1. The van der Waals surface area contributed by atoms with Crippen molar-refractivity contribution in [3.05, 3.63) is 83.4 Å². The van der Waals surface area contributed by atoms with Gasteiger partial charge in [0.05, 0.1) is 10.6 Å². The summed E-state index contributed by atoms with van der Waals surface area (Å²) in [5, 5.41) is 2.86. The minimum Gasteiger partial charge on any atom is -0.372 e. The summed E-state index contributed by atoms with van der Waals surface area (Å²) in [6.07, 6.45) is 2.39. The molecule has 1 aliphatic heterocycles. The van der Waals surface area contributed by atoms with E-state index in [1.54, 1.807) is 30.3 Å². The number of hydrogen-bond acceptors (Lipinski definition) is 4. The van der Waals surface area contributed by atoms with Crippen molar-refractivity contribution in [1.82, 2.24) is 0 Å². The topological polar surface area (TPSA) is 69.7 Å². The summed E-state index contributed by atoms with van der Waals surface area (Å²) < 4.78 is 28.5. The number of nitrogens with zero attached hydrogens (tertiary/aromatic N) is 2. The van der Waals surface area contributed by atoms with E-state index < -0.39 is 15.9 Å². The van der Waals surface area contributed by atoms with Crippen molar-refractivity contribution in [3.8, 4) is 0 Å². The molecule has 0 unspecified atom stereocenters. The average Bonchev–Trinajstić information content (AvgIpc) is 3.35. The summed E-state index contributed by atoms with van der Waals surface area (Å²) in [5.41, 5.74) is 5.02. The monoisotopic (exact) mass is 477 g/mol. The third-order valence-electron chi connectivity index (χ3n) is 6.36. The van der Waals surface area contributed by atoms with Gasteiger partial charge in [0.15, 0.2) is 0 Å². The zero-order chi connectivity index (χ0) is 24.3.